The number of carbonyl (C=O) groups is 2. The Bertz CT molecular complexity index is 1060. The zero-order valence-corrected chi connectivity index (χ0v) is 18.4. The summed E-state index contributed by atoms with van der Waals surface area (Å²) < 4.78 is 0. The number of rotatable bonds is 6. The second kappa shape index (κ2) is 9.59. The van der Waals surface area contributed by atoms with E-state index in [4.69, 9.17) is 0 Å². The third-order valence-electron chi connectivity index (χ3n) is 4.77. The summed E-state index contributed by atoms with van der Waals surface area (Å²) >= 11 is 1.48. The Morgan fingerprint density at radius 1 is 1.00 bits per heavy atom. The van der Waals surface area contributed by atoms with Crippen LogP contribution in [0.3, 0.4) is 0 Å². The Kier molecular flexibility index (Phi) is 6.90. The van der Waals surface area contributed by atoms with Crippen molar-refractivity contribution in [2.24, 2.45) is 0 Å². The van der Waals surface area contributed by atoms with E-state index in [1.165, 1.54) is 27.8 Å². The second-order valence-electron chi connectivity index (χ2n) is 7.28. The predicted octanol–water partition coefficient (Wildman–Crippen LogP) is 4.48. The lowest BCUT2D eigenvalue weighted by atomic mass is 10.1. The first-order chi connectivity index (χ1) is 14.3. The van der Waals surface area contributed by atoms with Crippen molar-refractivity contribution < 1.29 is 9.59 Å². The molecule has 2 aromatic carbocycles. The van der Waals surface area contributed by atoms with E-state index in [-0.39, 0.29) is 11.8 Å². The Morgan fingerprint density at radius 2 is 1.73 bits per heavy atom. The zero-order valence-electron chi connectivity index (χ0n) is 17.6. The molecule has 0 fully saturated rings. The number of benzene rings is 2. The predicted molar refractivity (Wildman–Crippen MR) is 120 cm³/mol. The molecule has 1 heterocycles. The van der Waals surface area contributed by atoms with Gasteiger partial charge in [0.1, 0.15) is 5.03 Å². The van der Waals surface area contributed by atoms with Crippen molar-refractivity contribution in [1.82, 2.24) is 15.2 Å². The molecule has 0 radical (unpaired) electrons. The molecule has 0 unspecified atom stereocenters. The van der Waals surface area contributed by atoms with Crippen molar-refractivity contribution in [1.29, 1.82) is 0 Å². The standard InChI is InChI=1S/C24H25N3O2S/c1-16-7-12-20(14-17(16)2)30-23-21(6-5-13-25-23)22(28)26-15-18-8-10-19(11-9-18)24(29)27(3)4/h5-14H,15H2,1-4H3,(H,26,28). The van der Waals surface area contributed by atoms with Crippen LogP contribution in [0.5, 0.6) is 0 Å². The van der Waals surface area contributed by atoms with E-state index >= 15 is 0 Å². The van der Waals surface area contributed by atoms with Crippen LogP contribution in [0.2, 0.25) is 0 Å². The van der Waals surface area contributed by atoms with Crippen LogP contribution in [-0.4, -0.2) is 35.8 Å². The number of pyridine rings is 1. The molecule has 6 heteroatoms. The van der Waals surface area contributed by atoms with Gasteiger partial charge in [0.25, 0.3) is 11.8 Å². The van der Waals surface area contributed by atoms with Gasteiger partial charge in [-0.1, -0.05) is 30.0 Å². The van der Waals surface area contributed by atoms with E-state index in [1.54, 1.807) is 44.6 Å². The lowest BCUT2D eigenvalue weighted by Gasteiger charge is -2.12. The quantitative estimate of drug-likeness (QED) is 0.640. The van der Waals surface area contributed by atoms with E-state index in [1.807, 2.05) is 18.2 Å². The molecule has 0 saturated heterocycles. The maximum atomic E-state index is 12.8. The van der Waals surface area contributed by atoms with Gasteiger partial charge in [-0.2, -0.15) is 0 Å². The minimum atomic E-state index is -0.178. The molecule has 2 amide bonds. The third-order valence-corrected chi connectivity index (χ3v) is 5.78. The first-order valence-corrected chi connectivity index (χ1v) is 10.5. The largest absolute Gasteiger partial charge is 0.348 e. The molecule has 154 valence electrons. The minimum Gasteiger partial charge on any atom is -0.348 e. The molecular formula is C24H25N3O2S. The summed E-state index contributed by atoms with van der Waals surface area (Å²) in [4.78, 5) is 31.8. The molecule has 0 atom stereocenters. The first kappa shape index (κ1) is 21.6. The van der Waals surface area contributed by atoms with E-state index in [2.05, 4.69) is 36.3 Å². The maximum absolute atomic E-state index is 12.8. The van der Waals surface area contributed by atoms with Gasteiger partial charge in [0.05, 0.1) is 5.56 Å². The van der Waals surface area contributed by atoms with Crippen molar-refractivity contribution >= 4 is 23.6 Å². The van der Waals surface area contributed by atoms with Gasteiger partial charge in [0, 0.05) is 37.3 Å². The number of hydrogen-bond acceptors (Lipinski definition) is 4. The number of aryl methyl sites for hydroxylation is 2. The highest BCUT2D eigenvalue weighted by atomic mass is 32.2. The SMILES string of the molecule is Cc1ccc(Sc2ncccc2C(=O)NCc2ccc(C(=O)N(C)C)cc2)cc1C. The zero-order chi connectivity index (χ0) is 21.7. The minimum absolute atomic E-state index is 0.0473. The van der Waals surface area contributed by atoms with Gasteiger partial charge in [-0.25, -0.2) is 4.98 Å². The lowest BCUT2D eigenvalue weighted by molar-refractivity contribution is 0.0827. The van der Waals surface area contributed by atoms with Crippen LogP contribution in [0, 0.1) is 13.8 Å². The Morgan fingerprint density at radius 3 is 2.40 bits per heavy atom. The molecule has 0 spiro atoms. The Labute approximate surface area is 181 Å². The highest BCUT2D eigenvalue weighted by Gasteiger charge is 2.14. The van der Waals surface area contributed by atoms with Crippen molar-refractivity contribution in [2.75, 3.05) is 14.1 Å². The van der Waals surface area contributed by atoms with E-state index in [0.29, 0.717) is 22.7 Å². The summed E-state index contributed by atoms with van der Waals surface area (Å²) in [7, 11) is 3.44. The average molecular weight is 420 g/mol. The second-order valence-corrected chi connectivity index (χ2v) is 8.35. The Hall–Kier alpha value is -3.12. The molecule has 0 aliphatic carbocycles. The van der Waals surface area contributed by atoms with E-state index < -0.39 is 0 Å². The van der Waals surface area contributed by atoms with Gasteiger partial charge in [0.2, 0.25) is 0 Å². The molecule has 0 aliphatic heterocycles. The number of amides is 2. The molecule has 3 rings (SSSR count). The first-order valence-electron chi connectivity index (χ1n) is 9.64. The Balaban J connectivity index is 1.68. The molecule has 5 nitrogen and oxygen atoms in total. The van der Waals surface area contributed by atoms with Gasteiger partial charge in [-0.3, -0.25) is 9.59 Å². The molecule has 30 heavy (non-hydrogen) atoms. The molecule has 0 bridgehead atoms. The fraction of sp³-hybridized carbons (Fsp3) is 0.208. The number of nitrogens with one attached hydrogen (secondary N) is 1. The van der Waals surface area contributed by atoms with Gasteiger partial charge in [-0.15, -0.1) is 0 Å². The van der Waals surface area contributed by atoms with Crippen LogP contribution in [-0.2, 0) is 6.54 Å². The fourth-order valence-corrected chi connectivity index (χ4v) is 3.81. The summed E-state index contributed by atoms with van der Waals surface area (Å²) in [5.41, 5.74) is 4.52. The highest BCUT2D eigenvalue weighted by molar-refractivity contribution is 7.99. The van der Waals surface area contributed by atoms with Crippen molar-refractivity contribution in [3.05, 3.63) is 88.6 Å². The molecule has 1 aromatic heterocycles. The van der Waals surface area contributed by atoms with Gasteiger partial charge < -0.3 is 10.2 Å². The van der Waals surface area contributed by atoms with Gasteiger partial charge >= 0.3 is 0 Å². The van der Waals surface area contributed by atoms with Gasteiger partial charge in [-0.05, 0) is 66.9 Å². The van der Waals surface area contributed by atoms with Crippen LogP contribution >= 0.6 is 11.8 Å². The van der Waals surface area contributed by atoms with Crippen LogP contribution in [0.4, 0.5) is 0 Å². The summed E-state index contributed by atoms with van der Waals surface area (Å²) in [6.45, 7) is 4.52. The van der Waals surface area contributed by atoms with Crippen LogP contribution in [0.25, 0.3) is 0 Å². The molecule has 3 aromatic rings. The third kappa shape index (κ3) is 5.27. The van der Waals surface area contributed by atoms with Crippen LogP contribution < -0.4 is 5.32 Å². The number of nitrogens with zero attached hydrogens (tertiary/aromatic N) is 2. The maximum Gasteiger partial charge on any atom is 0.254 e. The fourth-order valence-electron chi connectivity index (χ4n) is 2.83. The topological polar surface area (TPSA) is 62.3 Å². The van der Waals surface area contributed by atoms with Crippen LogP contribution in [0.1, 0.15) is 37.4 Å². The summed E-state index contributed by atoms with van der Waals surface area (Å²) in [5.74, 6) is -0.225. The monoisotopic (exact) mass is 419 g/mol. The van der Waals surface area contributed by atoms with Crippen molar-refractivity contribution in [3.8, 4) is 0 Å². The number of hydrogen-bond donors (Lipinski definition) is 1. The van der Waals surface area contributed by atoms with Gasteiger partial charge in [0.15, 0.2) is 0 Å². The average Bonchev–Trinajstić information content (AvgIpc) is 2.75. The summed E-state index contributed by atoms with van der Waals surface area (Å²) in [5, 5.41) is 3.62. The van der Waals surface area contributed by atoms with Crippen molar-refractivity contribution in [3.63, 3.8) is 0 Å². The number of aromatic nitrogens is 1. The summed E-state index contributed by atoms with van der Waals surface area (Å²) in [6, 6.07) is 17.0. The molecule has 0 aliphatic rings. The molecular weight excluding hydrogens is 394 g/mol. The molecule has 1 N–H and O–H groups in total. The van der Waals surface area contributed by atoms with E-state index in [0.717, 1.165) is 10.5 Å². The molecule has 0 saturated carbocycles. The smallest absolute Gasteiger partial charge is 0.254 e. The normalized spacial score (nSPS) is 10.5. The van der Waals surface area contributed by atoms with Crippen molar-refractivity contribution in [2.45, 2.75) is 30.3 Å². The number of carbonyl (C=O) groups excluding carboxylic acids is 2. The van der Waals surface area contributed by atoms with Crippen LogP contribution in [0.15, 0.2) is 70.7 Å². The summed E-state index contributed by atoms with van der Waals surface area (Å²) in [6.07, 6.45) is 1.70. The lowest BCUT2D eigenvalue weighted by Crippen LogP contribution is -2.24. The van der Waals surface area contributed by atoms with E-state index in [9.17, 15) is 9.59 Å². The highest BCUT2D eigenvalue weighted by Crippen LogP contribution is 2.30.